The Balaban J connectivity index is 1.79. The van der Waals surface area contributed by atoms with Gasteiger partial charge >= 0.3 is 0 Å². The molecule has 0 radical (unpaired) electrons. The number of hydrazone groups is 1. The zero-order chi connectivity index (χ0) is 21.2. The fourth-order valence-electron chi connectivity index (χ4n) is 3.23. The molecule has 0 saturated carbocycles. The maximum atomic E-state index is 13.2. The van der Waals surface area contributed by atoms with Crippen molar-refractivity contribution in [3.8, 4) is 5.75 Å². The Morgan fingerprint density at radius 2 is 2.17 bits per heavy atom. The van der Waals surface area contributed by atoms with Gasteiger partial charge in [0.1, 0.15) is 18.9 Å². The first-order valence-electron chi connectivity index (χ1n) is 9.53. The van der Waals surface area contributed by atoms with Crippen LogP contribution in [0.25, 0.3) is 5.43 Å². The van der Waals surface area contributed by atoms with Gasteiger partial charge in [0.2, 0.25) is 0 Å². The van der Waals surface area contributed by atoms with E-state index in [1.54, 1.807) is 47.9 Å². The molecule has 1 atom stereocenters. The van der Waals surface area contributed by atoms with Gasteiger partial charge in [-0.1, -0.05) is 12.1 Å². The number of ether oxygens (including phenoxy) is 1. The minimum atomic E-state index is -2.62. The average Bonchev–Trinajstić information content (AvgIpc) is 3.17. The van der Waals surface area contributed by atoms with Crippen LogP contribution in [0.15, 0.2) is 36.2 Å². The summed E-state index contributed by atoms with van der Waals surface area (Å²) in [5.41, 5.74) is 7.97. The van der Waals surface area contributed by atoms with Gasteiger partial charge in [0.05, 0.1) is 11.2 Å². The fourth-order valence-corrected chi connectivity index (χ4v) is 3.23. The van der Waals surface area contributed by atoms with E-state index in [2.05, 4.69) is 10.9 Å². The number of benzene rings is 1. The minimum Gasteiger partial charge on any atom is -0.487 e. The molecule has 1 fully saturated rings. The molecule has 1 aromatic rings. The number of piperidine rings is 1. The average molecular weight is 408 g/mol. The van der Waals surface area contributed by atoms with Gasteiger partial charge in [-0.25, -0.2) is 8.78 Å². The fraction of sp³-hybridized carbons (Fsp3) is 0.500. The van der Waals surface area contributed by atoms with Crippen molar-refractivity contribution < 1.29 is 28.2 Å². The lowest BCUT2D eigenvalue weighted by atomic mass is 10.0. The minimum absolute atomic E-state index is 0.0290. The summed E-state index contributed by atoms with van der Waals surface area (Å²) in [5, 5.41) is 10.1. The van der Waals surface area contributed by atoms with Crippen molar-refractivity contribution in [3.63, 3.8) is 0 Å². The number of hydrazine groups is 1. The Morgan fingerprint density at radius 3 is 2.83 bits per heavy atom. The largest absolute Gasteiger partial charge is 0.487 e. The van der Waals surface area contributed by atoms with Gasteiger partial charge in [-0.2, -0.15) is 5.43 Å². The molecule has 0 unspecified atom stereocenters. The second-order valence-corrected chi connectivity index (χ2v) is 7.73. The molecule has 3 rings (SSSR count). The third-order valence-electron chi connectivity index (χ3n) is 4.97. The highest BCUT2D eigenvalue weighted by molar-refractivity contribution is 6.00. The molecule has 29 heavy (non-hydrogen) atoms. The summed E-state index contributed by atoms with van der Waals surface area (Å²) in [7, 11) is 0. The zero-order valence-electron chi connectivity index (χ0n) is 16.7. The lowest BCUT2D eigenvalue weighted by molar-refractivity contribution is -0.524. The Kier molecular flexibility index (Phi) is 6.07. The van der Waals surface area contributed by atoms with E-state index >= 15 is 0 Å². The summed E-state index contributed by atoms with van der Waals surface area (Å²) < 4.78 is 30.2. The van der Waals surface area contributed by atoms with E-state index in [1.165, 1.54) is 6.07 Å². The van der Waals surface area contributed by atoms with Crippen LogP contribution in [0.3, 0.4) is 0 Å². The van der Waals surface area contributed by atoms with Crippen LogP contribution in [0.5, 0.6) is 5.75 Å². The topological polar surface area (TPSA) is 78.9 Å². The number of halogens is 2. The van der Waals surface area contributed by atoms with Gasteiger partial charge in [0, 0.05) is 18.2 Å². The first-order valence-corrected chi connectivity index (χ1v) is 9.53. The molecule has 2 heterocycles. The predicted octanol–water partition coefficient (Wildman–Crippen LogP) is 2.83. The van der Waals surface area contributed by atoms with Crippen molar-refractivity contribution in [2.45, 2.75) is 51.7 Å². The van der Waals surface area contributed by atoms with E-state index in [0.29, 0.717) is 12.2 Å². The van der Waals surface area contributed by atoms with Crippen molar-refractivity contribution in [2.24, 2.45) is 0 Å². The second-order valence-electron chi connectivity index (χ2n) is 7.73. The van der Waals surface area contributed by atoms with Crippen molar-refractivity contribution in [3.05, 3.63) is 47.2 Å². The molecule has 0 spiro atoms. The second kappa shape index (κ2) is 8.36. The number of hydrogen-bond donors (Lipinski definition) is 2. The first-order chi connectivity index (χ1) is 13.7. The normalized spacial score (nSPS) is 22.2. The highest BCUT2D eigenvalue weighted by atomic mass is 19.3. The number of likely N-dealkylation sites (tertiary alicyclic amines) is 1. The number of para-hydroxylation sites is 1. The van der Waals surface area contributed by atoms with E-state index < -0.39 is 18.6 Å². The molecule has 2 aliphatic heterocycles. The summed E-state index contributed by atoms with van der Waals surface area (Å²) in [4.78, 5) is 16.4. The van der Waals surface area contributed by atoms with E-state index in [4.69, 9.17) is 4.74 Å². The van der Waals surface area contributed by atoms with Gasteiger partial charge < -0.3 is 14.7 Å². The van der Waals surface area contributed by atoms with Crippen LogP contribution in [0.2, 0.25) is 0 Å². The van der Waals surface area contributed by atoms with Gasteiger partial charge in [-0.3, -0.25) is 10.2 Å². The predicted molar refractivity (Wildman–Crippen MR) is 104 cm³/mol. The lowest BCUT2D eigenvalue weighted by Gasteiger charge is -2.33. The number of alkyl halides is 2. The number of carbonyl (C=O) groups excluding carboxylic acids is 1. The highest BCUT2D eigenvalue weighted by Gasteiger charge is 2.34. The molecule has 1 saturated heterocycles. The van der Waals surface area contributed by atoms with Crippen LogP contribution in [-0.4, -0.2) is 57.6 Å². The maximum absolute atomic E-state index is 13.2. The summed E-state index contributed by atoms with van der Waals surface area (Å²) >= 11 is 0. The molecule has 1 amide bonds. The van der Waals surface area contributed by atoms with E-state index in [0.717, 1.165) is 18.6 Å². The number of nitrogens with zero attached hydrogens (tertiary/aromatic N) is 3. The van der Waals surface area contributed by atoms with Crippen LogP contribution < -0.4 is 10.2 Å². The Labute approximate surface area is 168 Å². The van der Waals surface area contributed by atoms with Crippen LogP contribution >= 0.6 is 0 Å². The van der Waals surface area contributed by atoms with Crippen LogP contribution in [0, 0.1) is 0 Å². The molecule has 9 heteroatoms. The zero-order valence-corrected chi connectivity index (χ0v) is 16.7. The monoisotopic (exact) mass is 408 g/mol. The van der Waals surface area contributed by atoms with Crippen LogP contribution in [0.4, 0.5) is 8.78 Å². The molecule has 2 aliphatic rings. The Morgan fingerprint density at radius 1 is 1.45 bits per heavy atom. The summed E-state index contributed by atoms with van der Waals surface area (Å²) in [6.07, 6.45) is 0.405. The third-order valence-corrected chi connectivity index (χ3v) is 4.97. The van der Waals surface area contributed by atoms with Crippen molar-refractivity contribution in [1.82, 2.24) is 10.3 Å². The number of aliphatic hydroxyl groups is 1. The molecular formula is C20H26F2N4O3. The van der Waals surface area contributed by atoms with Crippen molar-refractivity contribution in [1.29, 1.82) is 0 Å². The van der Waals surface area contributed by atoms with Crippen molar-refractivity contribution >= 4 is 11.6 Å². The van der Waals surface area contributed by atoms with Gasteiger partial charge in [-0.05, 0) is 45.5 Å². The Hall–Kier alpha value is -2.68. The molecule has 7 nitrogen and oxygen atoms in total. The standard InChI is InChI=1S/C20H26F2N4O3/c1-13-8-9-14(26-23-10-17(24-26)20(2,3)28)11-25(13)19(27)15-6-4-5-7-16(15)29-12-18(21)22/h4-7,10,13,18,28H,8-9,11-12H2,1-3H3,(H,23,24)/b26-14+/t13-/m1/s1. The third kappa shape index (κ3) is 4.84. The molecule has 0 aromatic heterocycles. The maximum Gasteiger partial charge on any atom is 0.272 e. The molecule has 1 aromatic carbocycles. The number of rotatable bonds is 5. The number of nitrogens with one attached hydrogen (secondary N) is 1. The van der Waals surface area contributed by atoms with E-state index in [9.17, 15) is 18.7 Å². The van der Waals surface area contributed by atoms with Gasteiger partial charge in [-0.15, -0.1) is 4.79 Å². The van der Waals surface area contributed by atoms with Gasteiger partial charge in [0.15, 0.2) is 5.71 Å². The van der Waals surface area contributed by atoms with E-state index in [1.807, 2.05) is 6.92 Å². The number of amides is 1. The lowest BCUT2D eigenvalue weighted by Crippen LogP contribution is -2.49. The smallest absolute Gasteiger partial charge is 0.272 e. The summed E-state index contributed by atoms with van der Waals surface area (Å²) in [6.45, 7) is 4.83. The molecule has 158 valence electrons. The van der Waals surface area contributed by atoms with Crippen LogP contribution in [0.1, 0.15) is 44.0 Å². The quantitative estimate of drug-likeness (QED) is 0.735. The van der Waals surface area contributed by atoms with Crippen molar-refractivity contribution in [2.75, 3.05) is 13.2 Å². The molecule has 2 N–H and O–H groups in total. The number of hydrogen-bond acceptors (Lipinski definition) is 4. The summed E-state index contributed by atoms with van der Waals surface area (Å²) in [5.74, 6) is -0.137. The van der Waals surface area contributed by atoms with E-state index in [-0.39, 0.29) is 23.3 Å². The summed E-state index contributed by atoms with van der Waals surface area (Å²) in [6, 6.07) is 6.39. The molecule has 0 bridgehead atoms. The molecule has 0 aliphatic carbocycles. The first kappa shape index (κ1) is 21.0. The Bertz CT molecular complexity index is 833. The SMILES string of the molecule is C[C@@H]1CC/C(=[N+]2/[N-]C=C(C(C)(C)O)N2)CN1C(=O)c1ccccc1OCC(F)F. The van der Waals surface area contributed by atoms with Gasteiger partial charge in [0.25, 0.3) is 12.3 Å². The van der Waals surface area contributed by atoms with Crippen LogP contribution in [-0.2, 0) is 0 Å². The molecular weight excluding hydrogens is 382 g/mol. The number of carbonyl (C=O) groups is 1. The highest BCUT2D eigenvalue weighted by Crippen LogP contribution is 2.26.